The van der Waals surface area contributed by atoms with Gasteiger partial charge in [-0.1, -0.05) is 11.6 Å². The van der Waals surface area contributed by atoms with Crippen LogP contribution in [0.5, 0.6) is 0 Å². The van der Waals surface area contributed by atoms with Gasteiger partial charge in [0.2, 0.25) is 0 Å². The van der Waals surface area contributed by atoms with Crippen LogP contribution >= 0.6 is 22.9 Å². The summed E-state index contributed by atoms with van der Waals surface area (Å²) in [5.41, 5.74) is -0.233. The van der Waals surface area contributed by atoms with E-state index in [1.54, 1.807) is 6.20 Å². The first-order valence-electron chi connectivity index (χ1n) is 5.39. The summed E-state index contributed by atoms with van der Waals surface area (Å²) in [6.07, 6.45) is 2.77. The van der Waals surface area contributed by atoms with Crippen LogP contribution in [0.1, 0.15) is 31.2 Å². The van der Waals surface area contributed by atoms with Crippen molar-refractivity contribution in [3.05, 3.63) is 15.5 Å². The van der Waals surface area contributed by atoms with Gasteiger partial charge in [-0.2, -0.15) is 0 Å². The van der Waals surface area contributed by atoms with Crippen molar-refractivity contribution in [3.8, 4) is 0 Å². The average molecular weight is 260 g/mol. The summed E-state index contributed by atoms with van der Waals surface area (Å²) < 4.78 is 6.59. The molecule has 1 aromatic heterocycles. The van der Waals surface area contributed by atoms with E-state index in [4.69, 9.17) is 16.3 Å². The number of aromatic nitrogens is 1. The van der Waals surface area contributed by atoms with E-state index < -0.39 is 0 Å². The predicted octanol–water partition coefficient (Wildman–Crippen LogP) is 2.65. The SMILES string of the molecule is CC1(C)O[C@H](c2cnc(Cl)s2)C2(CO)CC12. The Morgan fingerprint density at radius 1 is 1.69 bits per heavy atom. The summed E-state index contributed by atoms with van der Waals surface area (Å²) in [6, 6.07) is 0. The van der Waals surface area contributed by atoms with Crippen molar-refractivity contribution in [2.45, 2.75) is 32.0 Å². The van der Waals surface area contributed by atoms with Crippen molar-refractivity contribution in [2.75, 3.05) is 6.61 Å². The summed E-state index contributed by atoms with van der Waals surface area (Å²) in [6.45, 7) is 4.37. The molecule has 2 fully saturated rings. The number of fused-ring (bicyclic) bond motifs is 1. The van der Waals surface area contributed by atoms with Crippen molar-refractivity contribution < 1.29 is 9.84 Å². The van der Waals surface area contributed by atoms with E-state index in [1.807, 2.05) is 0 Å². The molecule has 3 atom stereocenters. The predicted molar refractivity (Wildman–Crippen MR) is 62.7 cm³/mol. The molecule has 0 spiro atoms. The molecule has 2 aliphatic rings. The minimum absolute atomic E-state index is 0.0394. The van der Waals surface area contributed by atoms with Gasteiger partial charge in [-0.05, 0) is 26.2 Å². The maximum absolute atomic E-state index is 9.61. The Bertz CT molecular complexity index is 433. The number of rotatable bonds is 2. The molecule has 3 nitrogen and oxygen atoms in total. The molecule has 0 radical (unpaired) electrons. The van der Waals surface area contributed by atoms with Gasteiger partial charge in [0.05, 0.1) is 17.1 Å². The van der Waals surface area contributed by atoms with Crippen LogP contribution in [-0.2, 0) is 4.74 Å². The van der Waals surface area contributed by atoms with Gasteiger partial charge >= 0.3 is 0 Å². The van der Waals surface area contributed by atoms with Crippen molar-refractivity contribution in [2.24, 2.45) is 11.3 Å². The highest BCUT2D eigenvalue weighted by Gasteiger charge is 2.71. The van der Waals surface area contributed by atoms with Crippen LogP contribution in [-0.4, -0.2) is 22.3 Å². The second kappa shape index (κ2) is 3.19. The molecular formula is C11H14ClNO2S. The molecule has 1 aliphatic heterocycles. The van der Waals surface area contributed by atoms with Crippen LogP contribution in [0, 0.1) is 11.3 Å². The highest BCUT2D eigenvalue weighted by Crippen LogP contribution is 2.72. The number of hydrogen-bond acceptors (Lipinski definition) is 4. The van der Waals surface area contributed by atoms with Gasteiger partial charge in [0.1, 0.15) is 6.10 Å². The van der Waals surface area contributed by atoms with E-state index >= 15 is 0 Å². The quantitative estimate of drug-likeness (QED) is 0.888. The second-order valence-corrected chi connectivity index (χ2v) is 6.91. The Kier molecular flexibility index (Phi) is 2.19. The third-order valence-corrected chi connectivity index (χ3v) is 5.11. The first kappa shape index (κ1) is 11.0. The Labute approximate surface area is 103 Å². The van der Waals surface area contributed by atoms with Crippen molar-refractivity contribution in [1.29, 1.82) is 0 Å². The fourth-order valence-electron chi connectivity index (χ4n) is 3.04. The van der Waals surface area contributed by atoms with E-state index in [0.29, 0.717) is 10.4 Å². The summed E-state index contributed by atoms with van der Waals surface area (Å²) in [4.78, 5) is 5.08. The van der Waals surface area contributed by atoms with Crippen LogP contribution in [0.15, 0.2) is 6.20 Å². The third-order valence-electron chi connectivity index (χ3n) is 3.95. The third kappa shape index (κ3) is 1.30. The van der Waals surface area contributed by atoms with E-state index in [0.717, 1.165) is 11.3 Å². The normalized spacial score (nSPS) is 39.8. The van der Waals surface area contributed by atoms with Crippen LogP contribution in [0.3, 0.4) is 0 Å². The number of aliphatic hydroxyl groups excluding tert-OH is 1. The molecule has 0 amide bonds. The van der Waals surface area contributed by atoms with E-state index in [1.165, 1.54) is 11.3 Å². The van der Waals surface area contributed by atoms with Crippen LogP contribution in [0.4, 0.5) is 0 Å². The molecule has 3 rings (SSSR count). The monoisotopic (exact) mass is 259 g/mol. The standard InChI is InChI=1S/C11H14ClNO2S/c1-10(2)7-3-11(7,5-14)8(15-10)6-4-13-9(12)16-6/h4,7-8,14H,3,5H2,1-2H3/t7?,8-,11?/m1/s1. The van der Waals surface area contributed by atoms with Crippen LogP contribution < -0.4 is 0 Å². The zero-order valence-electron chi connectivity index (χ0n) is 9.24. The molecule has 2 heterocycles. The lowest BCUT2D eigenvalue weighted by molar-refractivity contribution is -0.0599. The van der Waals surface area contributed by atoms with E-state index in [-0.39, 0.29) is 23.7 Å². The molecule has 1 saturated heterocycles. The van der Waals surface area contributed by atoms with Crippen molar-refractivity contribution >= 4 is 22.9 Å². The fraction of sp³-hybridized carbons (Fsp3) is 0.727. The average Bonchev–Trinajstić information content (AvgIpc) is 2.78. The zero-order valence-corrected chi connectivity index (χ0v) is 10.8. The molecular weight excluding hydrogens is 246 g/mol. The van der Waals surface area contributed by atoms with Gasteiger partial charge in [0.15, 0.2) is 4.47 Å². The molecule has 5 heteroatoms. The van der Waals surface area contributed by atoms with Crippen molar-refractivity contribution in [1.82, 2.24) is 4.98 Å². The Morgan fingerprint density at radius 3 is 2.94 bits per heavy atom. The van der Waals surface area contributed by atoms with Gasteiger partial charge in [-0.15, -0.1) is 11.3 Å². The molecule has 1 saturated carbocycles. The zero-order chi connectivity index (χ0) is 11.6. The van der Waals surface area contributed by atoms with Gasteiger partial charge in [-0.3, -0.25) is 0 Å². The minimum atomic E-state index is -0.149. The van der Waals surface area contributed by atoms with E-state index in [2.05, 4.69) is 18.8 Å². The molecule has 0 bridgehead atoms. The van der Waals surface area contributed by atoms with Gasteiger partial charge in [0, 0.05) is 11.6 Å². The minimum Gasteiger partial charge on any atom is -0.396 e. The summed E-state index contributed by atoms with van der Waals surface area (Å²) >= 11 is 7.30. The fourth-order valence-corrected chi connectivity index (χ4v) is 4.15. The summed E-state index contributed by atoms with van der Waals surface area (Å²) in [5.74, 6) is 0.455. The maximum atomic E-state index is 9.61. The molecule has 1 aliphatic carbocycles. The molecule has 2 unspecified atom stereocenters. The molecule has 1 N–H and O–H groups in total. The second-order valence-electron chi connectivity index (χ2n) is 5.26. The summed E-state index contributed by atoms with van der Waals surface area (Å²) in [5, 5.41) is 9.61. The van der Waals surface area contributed by atoms with Crippen molar-refractivity contribution in [3.63, 3.8) is 0 Å². The van der Waals surface area contributed by atoms with E-state index in [9.17, 15) is 5.11 Å². The highest BCUT2D eigenvalue weighted by molar-refractivity contribution is 7.15. The largest absolute Gasteiger partial charge is 0.396 e. The number of halogens is 1. The molecule has 88 valence electrons. The van der Waals surface area contributed by atoms with Gasteiger partial charge < -0.3 is 9.84 Å². The summed E-state index contributed by atoms with van der Waals surface area (Å²) in [7, 11) is 0. The Hall–Kier alpha value is -0.160. The lowest BCUT2D eigenvalue weighted by Crippen LogP contribution is -2.23. The topological polar surface area (TPSA) is 42.4 Å². The molecule has 1 aromatic rings. The Balaban J connectivity index is 1.97. The van der Waals surface area contributed by atoms with Gasteiger partial charge in [0.25, 0.3) is 0 Å². The lowest BCUT2D eigenvalue weighted by Gasteiger charge is -2.24. The number of ether oxygens (including phenoxy) is 1. The smallest absolute Gasteiger partial charge is 0.183 e. The van der Waals surface area contributed by atoms with Crippen LogP contribution in [0.25, 0.3) is 0 Å². The number of nitrogens with zero attached hydrogens (tertiary/aromatic N) is 1. The molecule has 0 aromatic carbocycles. The first-order chi connectivity index (χ1) is 7.49. The van der Waals surface area contributed by atoms with Gasteiger partial charge in [-0.25, -0.2) is 4.98 Å². The van der Waals surface area contributed by atoms with Crippen LogP contribution in [0.2, 0.25) is 4.47 Å². The highest BCUT2D eigenvalue weighted by atomic mass is 35.5. The Morgan fingerprint density at radius 2 is 2.44 bits per heavy atom. The number of aliphatic hydroxyl groups is 1. The maximum Gasteiger partial charge on any atom is 0.183 e. The first-order valence-corrected chi connectivity index (χ1v) is 6.59. The molecule has 16 heavy (non-hydrogen) atoms. The lowest BCUT2D eigenvalue weighted by atomic mass is 9.94. The number of hydrogen-bond donors (Lipinski definition) is 1. The number of thiazole rings is 1.